The van der Waals surface area contributed by atoms with Gasteiger partial charge in [-0.25, -0.2) is 29.3 Å². The molecule has 0 N–H and O–H groups in total. The molecule has 376 valence electrons. The summed E-state index contributed by atoms with van der Waals surface area (Å²) in [6.45, 7) is 40.3. The lowest BCUT2D eigenvalue weighted by molar-refractivity contribution is -0.547. The highest BCUT2D eigenvalue weighted by atomic mass is 17.3. The van der Waals surface area contributed by atoms with Crippen LogP contribution in [0.25, 0.3) is 0 Å². The van der Waals surface area contributed by atoms with Crippen LogP contribution < -0.4 is 0 Å². The van der Waals surface area contributed by atoms with Crippen LogP contribution in [0, 0.1) is 17.3 Å². The number of hydrogen-bond donors (Lipinski definition) is 0. The molecule has 0 atom stereocenters. The van der Waals surface area contributed by atoms with Gasteiger partial charge < -0.3 is 0 Å². The molecule has 0 radical (unpaired) electrons. The molecule has 0 saturated heterocycles. The highest BCUT2D eigenvalue weighted by Gasteiger charge is 2.51. The Morgan fingerprint density at radius 3 is 0.619 bits per heavy atom. The van der Waals surface area contributed by atoms with Gasteiger partial charge in [-0.3, -0.25) is 0 Å². The third-order valence-electron chi connectivity index (χ3n) is 11.4. The lowest BCUT2D eigenvalue weighted by Gasteiger charge is -2.49. The zero-order valence-corrected chi connectivity index (χ0v) is 44.5. The average Bonchev–Trinajstić information content (AvgIpc) is 3.13. The first-order chi connectivity index (χ1) is 28.6. The van der Waals surface area contributed by atoms with Gasteiger partial charge in [-0.1, -0.05) is 58.8 Å². The van der Waals surface area contributed by atoms with Crippen molar-refractivity contribution in [3.05, 3.63) is 0 Å². The molecule has 3 rings (SSSR count). The minimum absolute atomic E-state index is 0.115. The maximum absolute atomic E-state index is 5.96. The van der Waals surface area contributed by atoms with Crippen LogP contribution in [0.4, 0.5) is 0 Å². The van der Waals surface area contributed by atoms with E-state index in [0.717, 1.165) is 51.4 Å². The van der Waals surface area contributed by atoms with Crippen molar-refractivity contribution in [1.82, 2.24) is 0 Å². The van der Waals surface area contributed by atoms with Crippen molar-refractivity contribution >= 4 is 0 Å². The van der Waals surface area contributed by atoms with Crippen molar-refractivity contribution in [2.75, 3.05) is 0 Å². The fourth-order valence-corrected chi connectivity index (χ4v) is 7.84. The van der Waals surface area contributed by atoms with Crippen molar-refractivity contribution in [3.63, 3.8) is 0 Å². The van der Waals surface area contributed by atoms with Crippen LogP contribution in [0.2, 0.25) is 0 Å². The van der Waals surface area contributed by atoms with Gasteiger partial charge in [-0.05, 0) is 180 Å². The molecule has 3 saturated carbocycles. The van der Waals surface area contributed by atoms with E-state index in [2.05, 4.69) is 13.8 Å². The Morgan fingerprint density at radius 1 is 0.254 bits per heavy atom. The van der Waals surface area contributed by atoms with Crippen molar-refractivity contribution in [2.24, 2.45) is 17.3 Å². The summed E-state index contributed by atoms with van der Waals surface area (Å²) in [7, 11) is 0. The smallest absolute Gasteiger partial charge is 0.228 e. The Labute approximate surface area is 386 Å². The second-order valence-corrected chi connectivity index (χ2v) is 25.5. The van der Waals surface area contributed by atoms with E-state index in [1.807, 2.05) is 125 Å². The van der Waals surface area contributed by atoms with Crippen LogP contribution >= 0.6 is 0 Å². The second-order valence-electron chi connectivity index (χ2n) is 25.5. The van der Waals surface area contributed by atoms with E-state index in [1.165, 1.54) is 44.9 Å². The molecule has 12 nitrogen and oxygen atoms in total. The molecule has 0 bridgehead atoms. The molecule has 0 spiro atoms. The summed E-state index contributed by atoms with van der Waals surface area (Å²) in [4.78, 5) is 69.9. The minimum Gasteiger partial charge on any atom is -0.228 e. The molecule has 0 aromatic heterocycles. The predicted octanol–water partition coefficient (Wildman–Crippen LogP) is 15.3. The summed E-state index contributed by atoms with van der Waals surface area (Å²) in [6.07, 6.45) is 19.5. The molecule has 0 aliphatic heterocycles. The van der Waals surface area contributed by atoms with Crippen LogP contribution in [0.1, 0.15) is 260 Å². The molecule has 0 aromatic rings. The standard InChI is InChI=1S/C31H60O8.C20H40O4/c1-25(2,3)32-36-30(37-33-26(4,5)6)19-15-23(16-20-30)29(13,14)24-17-21-31(22-18-24,38-34-27(7,8)9)39-35-28(10,11)12;1-18(2,3)21-23-20(24-22-19(4,5)6)16-14-12-10-8-7-9-11-13-15-17-20/h23-24H,15-22H2,1-14H3;7-17H2,1-6H3. The maximum atomic E-state index is 5.96. The third kappa shape index (κ3) is 24.9. The highest BCUT2D eigenvalue weighted by molar-refractivity contribution is 4.94. The van der Waals surface area contributed by atoms with Gasteiger partial charge in [-0.2, -0.15) is 29.3 Å². The van der Waals surface area contributed by atoms with E-state index >= 15 is 0 Å². The second kappa shape index (κ2) is 24.2. The van der Waals surface area contributed by atoms with Crippen LogP contribution in [-0.2, 0) is 58.7 Å². The van der Waals surface area contributed by atoms with Crippen molar-refractivity contribution < 1.29 is 58.7 Å². The van der Waals surface area contributed by atoms with Gasteiger partial charge in [0.25, 0.3) is 0 Å². The van der Waals surface area contributed by atoms with E-state index < -0.39 is 39.8 Å². The van der Waals surface area contributed by atoms with E-state index in [0.29, 0.717) is 37.5 Å². The van der Waals surface area contributed by atoms with Gasteiger partial charge in [0.2, 0.25) is 17.4 Å². The molecule has 0 amide bonds. The Kier molecular flexibility index (Phi) is 22.5. The summed E-state index contributed by atoms with van der Waals surface area (Å²) in [5.74, 6) is -1.60. The van der Waals surface area contributed by atoms with E-state index in [1.54, 1.807) is 0 Å². The monoisotopic (exact) mass is 905 g/mol. The zero-order valence-electron chi connectivity index (χ0n) is 44.5. The SMILES string of the molecule is CC(C)(C)OOC1(OOC(C)(C)C)CCC(C(C)(C)C2CCC(OOC(C)(C)C)(OOC(C)(C)C)CC2)CC1.CC(C)(C)OOC1(OOC(C)(C)C)CCCCCCCCCCC1. The molecular formula is C51H100O12. The van der Waals surface area contributed by atoms with Crippen LogP contribution in [0.15, 0.2) is 0 Å². The summed E-state index contributed by atoms with van der Waals surface area (Å²) < 4.78 is 0. The Balaban J connectivity index is 0.000000487. The molecule has 3 aliphatic carbocycles. The molecule has 63 heavy (non-hydrogen) atoms. The topological polar surface area (TPSA) is 111 Å². The quantitative estimate of drug-likeness (QED) is 0.0940. The first-order valence-electron chi connectivity index (χ1n) is 24.8. The van der Waals surface area contributed by atoms with Gasteiger partial charge in [0.1, 0.15) is 0 Å². The third-order valence-corrected chi connectivity index (χ3v) is 11.4. The lowest BCUT2D eigenvalue weighted by atomic mass is 9.60. The van der Waals surface area contributed by atoms with Crippen molar-refractivity contribution in [2.45, 2.75) is 311 Å². The first-order valence-corrected chi connectivity index (χ1v) is 24.8. The molecule has 0 heterocycles. The van der Waals surface area contributed by atoms with Gasteiger partial charge in [0.15, 0.2) is 0 Å². The minimum atomic E-state index is -0.912. The molecule has 3 fully saturated rings. The van der Waals surface area contributed by atoms with Crippen LogP contribution in [-0.4, -0.2) is 51.0 Å². The summed E-state index contributed by atoms with van der Waals surface area (Å²) in [5, 5.41) is 0. The fourth-order valence-electron chi connectivity index (χ4n) is 7.84. The van der Waals surface area contributed by atoms with Gasteiger partial charge in [0, 0.05) is 38.5 Å². The maximum Gasteiger partial charge on any atom is 0.234 e. The number of hydrogen-bond acceptors (Lipinski definition) is 12. The number of rotatable bonds is 14. The van der Waals surface area contributed by atoms with Crippen LogP contribution in [0.5, 0.6) is 0 Å². The Morgan fingerprint density at radius 2 is 0.429 bits per heavy atom. The zero-order chi connectivity index (χ0) is 48.1. The Bertz CT molecular complexity index is 1110. The summed E-state index contributed by atoms with van der Waals surface area (Å²) in [6, 6.07) is 0. The molecule has 0 unspecified atom stereocenters. The van der Waals surface area contributed by atoms with Gasteiger partial charge in [-0.15, -0.1) is 0 Å². The normalized spacial score (nSPS) is 22.1. The highest BCUT2D eigenvalue weighted by Crippen LogP contribution is 2.53. The van der Waals surface area contributed by atoms with Crippen LogP contribution in [0.3, 0.4) is 0 Å². The molecule has 0 aromatic carbocycles. The molecule has 12 heteroatoms. The Hall–Kier alpha value is -0.480. The van der Waals surface area contributed by atoms with Crippen molar-refractivity contribution in [1.29, 1.82) is 0 Å². The van der Waals surface area contributed by atoms with Gasteiger partial charge >= 0.3 is 0 Å². The van der Waals surface area contributed by atoms with E-state index in [9.17, 15) is 0 Å². The fraction of sp³-hybridized carbons (Fsp3) is 1.00. The predicted molar refractivity (Wildman–Crippen MR) is 248 cm³/mol. The summed E-state index contributed by atoms with van der Waals surface area (Å²) >= 11 is 0. The summed E-state index contributed by atoms with van der Waals surface area (Å²) in [5.41, 5.74) is -2.41. The molecule has 3 aliphatic rings. The average molecular weight is 905 g/mol. The lowest BCUT2D eigenvalue weighted by Crippen LogP contribution is -2.48. The largest absolute Gasteiger partial charge is 0.234 e. The molecular weight excluding hydrogens is 805 g/mol. The van der Waals surface area contributed by atoms with Gasteiger partial charge in [0.05, 0.1) is 33.6 Å². The van der Waals surface area contributed by atoms with E-state index in [4.69, 9.17) is 58.7 Å². The van der Waals surface area contributed by atoms with Crippen molar-refractivity contribution in [3.8, 4) is 0 Å². The first kappa shape index (κ1) is 58.6. The van der Waals surface area contributed by atoms with E-state index in [-0.39, 0.29) is 16.6 Å².